The summed E-state index contributed by atoms with van der Waals surface area (Å²) in [5, 5.41) is 12.4. The van der Waals surface area contributed by atoms with Gasteiger partial charge in [-0.2, -0.15) is 0 Å². The molecule has 0 bridgehead atoms. The molecule has 102 valence electrons. The molecule has 0 saturated heterocycles. The summed E-state index contributed by atoms with van der Waals surface area (Å²) in [4.78, 5) is 0. The molecule has 1 atom stereocenters. The van der Waals surface area contributed by atoms with Gasteiger partial charge in [-0.25, -0.2) is 0 Å². The van der Waals surface area contributed by atoms with Gasteiger partial charge in [0.2, 0.25) is 0 Å². The van der Waals surface area contributed by atoms with Crippen molar-refractivity contribution in [3.63, 3.8) is 0 Å². The molecule has 1 aromatic carbocycles. The van der Waals surface area contributed by atoms with Gasteiger partial charge < -0.3 is 15.2 Å². The van der Waals surface area contributed by atoms with E-state index in [1.165, 1.54) is 5.56 Å². The van der Waals surface area contributed by atoms with Crippen LogP contribution in [0.15, 0.2) is 24.3 Å². The average Bonchev–Trinajstić information content (AvgIpc) is 2.36. The predicted molar refractivity (Wildman–Crippen MR) is 74.7 cm³/mol. The Labute approximate surface area is 110 Å². The number of nitrogens with one attached hydrogen (secondary N) is 1. The molecule has 1 rings (SSSR count). The second-order valence-corrected chi connectivity index (χ2v) is 5.23. The monoisotopic (exact) mass is 251 g/mol. The number of hydrogen-bond acceptors (Lipinski definition) is 3. The molecular weight excluding hydrogens is 226 g/mol. The van der Waals surface area contributed by atoms with E-state index in [4.69, 9.17) is 9.84 Å². The van der Waals surface area contributed by atoms with Gasteiger partial charge in [0.1, 0.15) is 5.75 Å². The van der Waals surface area contributed by atoms with E-state index >= 15 is 0 Å². The van der Waals surface area contributed by atoms with E-state index in [0.717, 1.165) is 18.8 Å². The Morgan fingerprint density at radius 3 is 2.61 bits per heavy atom. The van der Waals surface area contributed by atoms with Gasteiger partial charge in [0, 0.05) is 24.6 Å². The van der Waals surface area contributed by atoms with Crippen LogP contribution in [0.4, 0.5) is 0 Å². The lowest BCUT2D eigenvalue weighted by molar-refractivity contribution is 0.173. The van der Waals surface area contributed by atoms with Crippen LogP contribution in [0.2, 0.25) is 0 Å². The Morgan fingerprint density at radius 1 is 1.22 bits per heavy atom. The van der Waals surface area contributed by atoms with Crippen LogP contribution in [0.1, 0.15) is 26.3 Å². The highest BCUT2D eigenvalue weighted by Crippen LogP contribution is 2.18. The number of para-hydroxylation sites is 1. The lowest BCUT2D eigenvalue weighted by Crippen LogP contribution is -2.20. The minimum absolute atomic E-state index is 0.160. The quantitative estimate of drug-likeness (QED) is 0.745. The molecule has 0 aliphatic heterocycles. The maximum Gasteiger partial charge on any atom is 0.123 e. The van der Waals surface area contributed by atoms with E-state index in [9.17, 15) is 0 Å². The van der Waals surface area contributed by atoms with Gasteiger partial charge >= 0.3 is 0 Å². The van der Waals surface area contributed by atoms with E-state index in [1.54, 1.807) is 0 Å². The number of rotatable bonds is 8. The molecule has 0 fully saturated rings. The molecule has 0 aliphatic rings. The first-order valence-corrected chi connectivity index (χ1v) is 6.65. The molecule has 0 saturated carbocycles. The molecule has 2 N–H and O–H groups in total. The highest BCUT2D eigenvalue weighted by molar-refractivity contribution is 5.33. The lowest BCUT2D eigenvalue weighted by Gasteiger charge is -2.15. The van der Waals surface area contributed by atoms with Gasteiger partial charge in [-0.1, -0.05) is 39.0 Å². The van der Waals surface area contributed by atoms with E-state index in [2.05, 4.69) is 25.2 Å². The number of aliphatic hydroxyl groups excluding tert-OH is 1. The summed E-state index contributed by atoms with van der Waals surface area (Å²) in [7, 11) is 0. The van der Waals surface area contributed by atoms with Crippen LogP contribution in [0.3, 0.4) is 0 Å². The zero-order valence-electron chi connectivity index (χ0n) is 11.6. The Balaban J connectivity index is 2.50. The van der Waals surface area contributed by atoms with Crippen LogP contribution in [0, 0.1) is 11.8 Å². The summed E-state index contributed by atoms with van der Waals surface area (Å²) < 4.78 is 5.75. The first-order valence-electron chi connectivity index (χ1n) is 6.65. The van der Waals surface area contributed by atoms with Crippen molar-refractivity contribution in [2.75, 3.05) is 19.8 Å². The van der Waals surface area contributed by atoms with E-state index in [1.807, 2.05) is 25.1 Å². The molecular formula is C15H25NO2. The standard InChI is InChI=1S/C15H25NO2/c1-12(2)8-16-9-14-6-4-5-7-15(14)18-11-13(3)10-17/h4-7,12-13,16-17H,8-11H2,1-3H3. The topological polar surface area (TPSA) is 41.5 Å². The number of benzene rings is 1. The highest BCUT2D eigenvalue weighted by atomic mass is 16.5. The van der Waals surface area contributed by atoms with Gasteiger partial charge in [0.05, 0.1) is 6.61 Å². The van der Waals surface area contributed by atoms with Gasteiger partial charge in [0.25, 0.3) is 0 Å². The summed E-state index contributed by atoms with van der Waals surface area (Å²) in [6.07, 6.45) is 0. The number of ether oxygens (including phenoxy) is 1. The third kappa shape index (κ3) is 5.52. The third-order valence-electron chi connectivity index (χ3n) is 2.68. The Morgan fingerprint density at radius 2 is 1.94 bits per heavy atom. The Bertz CT molecular complexity index is 339. The summed E-state index contributed by atoms with van der Waals surface area (Å²) in [6, 6.07) is 8.06. The van der Waals surface area contributed by atoms with Crippen molar-refractivity contribution in [3.8, 4) is 5.75 Å². The van der Waals surface area contributed by atoms with E-state index in [-0.39, 0.29) is 12.5 Å². The second kappa shape index (κ2) is 8.11. The molecule has 0 radical (unpaired) electrons. The first kappa shape index (κ1) is 15.0. The second-order valence-electron chi connectivity index (χ2n) is 5.23. The minimum atomic E-state index is 0.160. The third-order valence-corrected chi connectivity index (χ3v) is 2.68. The van der Waals surface area contributed by atoms with Gasteiger partial charge in [-0.3, -0.25) is 0 Å². The molecule has 0 aromatic heterocycles. The van der Waals surface area contributed by atoms with E-state index in [0.29, 0.717) is 12.5 Å². The van der Waals surface area contributed by atoms with Crippen molar-refractivity contribution < 1.29 is 9.84 Å². The molecule has 0 spiro atoms. The largest absolute Gasteiger partial charge is 0.493 e. The molecule has 1 aromatic rings. The molecule has 0 aliphatic carbocycles. The zero-order chi connectivity index (χ0) is 13.4. The summed E-state index contributed by atoms with van der Waals surface area (Å²) in [6.45, 7) is 8.89. The fourth-order valence-corrected chi connectivity index (χ4v) is 1.57. The molecule has 0 heterocycles. The van der Waals surface area contributed by atoms with Crippen molar-refractivity contribution >= 4 is 0 Å². The summed E-state index contributed by atoms with van der Waals surface area (Å²) in [5.41, 5.74) is 1.17. The Hall–Kier alpha value is -1.06. The maximum absolute atomic E-state index is 8.99. The molecule has 1 unspecified atom stereocenters. The van der Waals surface area contributed by atoms with Crippen molar-refractivity contribution in [1.29, 1.82) is 0 Å². The van der Waals surface area contributed by atoms with Crippen LogP contribution in [0.5, 0.6) is 5.75 Å². The van der Waals surface area contributed by atoms with Crippen molar-refractivity contribution in [3.05, 3.63) is 29.8 Å². The van der Waals surface area contributed by atoms with Gasteiger partial charge in [-0.15, -0.1) is 0 Å². The Kier molecular flexibility index (Phi) is 6.76. The molecule has 18 heavy (non-hydrogen) atoms. The fraction of sp³-hybridized carbons (Fsp3) is 0.600. The number of hydrogen-bond donors (Lipinski definition) is 2. The average molecular weight is 251 g/mol. The molecule has 0 amide bonds. The smallest absolute Gasteiger partial charge is 0.123 e. The van der Waals surface area contributed by atoms with Crippen LogP contribution in [0.25, 0.3) is 0 Å². The molecule has 3 heteroatoms. The SMILES string of the molecule is CC(C)CNCc1ccccc1OCC(C)CO. The highest BCUT2D eigenvalue weighted by Gasteiger charge is 2.05. The minimum Gasteiger partial charge on any atom is -0.493 e. The molecule has 3 nitrogen and oxygen atoms in total. The van der Waals surface area contributed by atoms with Crippen molar-refractivity contribution in [2.24, 2.45) is 11.8 Å². The first-order chi connectivity index (χ1) is 8.63. The van der Waals surface area contributed by atoms with Crippen LogP contribution < -0.4 is 10.1 Å². The maximum atomic E-state index is 8.99. The van der Waals surface area contributed by atoms with Crippen LogP contribution >= 0.6 is 0 Å². The predicted octanol–water partition coefficient (Wildman–Crippen LogP) is 2.44. The summed E-state index contributed by atoms with van der Waals surface area (Å²) in [5.74, 6) is 1.73. The van der Waals surface area contributed by atoms with Crippen LogP contribution in [-0.2, 0) is 6.54 Å². The number of aliphatic hydroxyl groups is 1. The lowest BCUT2D eigenvalue weighted by atomic mass is 10.1. The van der Waals surface area contributed by atoms with Gasteiger partial charge in [0.15, 0.2) is 0 Å². The van der Waals surface area contributed by atoms with Crippen molar-refractivity contribution in [1.82, 2.24) is 5.32 Å². The summed E-state index contributed by atoms with van der Waals surface area (Å²) >= 11 is 0. The normalized spacial score (nSPS) is 12.7. The fourth-order valence-electron chi connectivity index (χ4n) is 1.57. The van der Waals surface area contributed by atoms with E-state index < -0.39 is 0 Å². The van der Waals surface area contributed by atoms with Crippen LogP contribution in [-0.4, -0.2) is 24.9 Å². The van der Waals surface area contributed by atoms with Crippen molar-refractivity contribution in [2.45, 2.75) is 27.3 Å². The van der Waals surface area contributed by atoms with Gasteiger partial charge in [-0.05, 0) is 18.5 Å². The zero-order valence-corrected chi connectivity index (χ0v) is 11.6.